The van der Waals surface area contributed by atoms with Crippen molar-refractivity contribution in [3.63, 3.8) is 0 Å². The highest BCUT2D eigenvalue weighted by Crippen LogP contribution is 2.40. The van der Waals surface area contributed by atoms with Gasteiger partial charge >= 0.3 is 6.09 Å². The third-order valence-electron chi connectivity index (χ3n) is 7.09. The number of carbonyl (C=O) groups excluding carboxylic acids is 2. The third kappa shape index (κ3) is 9.17. The van der Waals surface area contributed by atoms with E-state index in [9.17, 15) is 14.7 Å². The van der Waals surface area contributed by atoms with E-state index in [0.717, 1.165) is 35.6 Å². The Balaban J connectivity index is 1.44. The van der Waals surface area contributed by atoms with Crippen LogP contribution in [0.3, 0.4) is 0 Å². The van der Waals surface area contributed by atoms with Crippen LogP contribution in [0.2, 0.25) is 0 Å². The van der Waals surface area contributed by atoms with Crippen molar-refractivity contribution in [2.45, 2.75) is 74.1 Å². The number of piperidine rings is 1. The number of hydrogen-bond donors (Lipinski definition) is 3. The molecule has 2 aliphatic heterocycles. The van der Waals surface area contributed by atoms with E-state index in [2.05, 4.69) is 15.5 Å². The summed E-state index contributed by atoms with van der Waals surface area (Å²) in [6, 6.07) is 18.6. The molecule has 0 aliphatic carbocycles. The Morgan fingerprint density at radius 2 is 1.82 bits per heavy atom. The fourth-order valence-electron chi connectivity index (χ4n) is 5.12. The Labute approximate surface area is 240 Å². The van der Waals surface area contributed by atoms with Crippen LogP contribution in [0.25, 0.3) is 0 Å². The Hall–Kier alpha value is -2.20. The lowest BCUT2D eigenvalue weighted by molar-refractivity contribution is -0.130. The van der Waals surface area contributed by atoms with Gasteiger partial charge in [-0.15, -0.1) is 11.8 Å². The number of thioether (sulfide) groups is 2. The van der Waals surface area contributed by atoms with Crippen LogP contribution >= 0.6 is 23.5 Å². The fourth-order valence-corrected chi connectivity index (χ4v) is 7.70. The largest absolute Gasteiger partial charge is 0.445 e. The van der Waals surface area contributed by atoms with Gasteiger partial charge in [-0.05, 0) is 63.0 Å². The maximum atomic E-state index is 13.3. The molecule has 0 saturated carbocycles. The number of rotatable bonds is 10. The first-order valence-electron chi connectivity index (χ1n) is 13.7. The van der Waals surface area contributed by atoms with E-state index in [-0.39, 0.29) is 24.1 Å². The number of hydrogen-bond acceptors (Lipinski definition) is 7. The summed E-state index contributed by atoms with van der Waals surface area (Å²) in [5.41, 5.74) is 0.563. The van der Waals surface area contributed by atoms with Crippen LogP contribution in [0.15, 0.2) is 65.6 Å². The highest BCUT2D eigenvalue weighted by Gasteiger charge is 2.43. The van der Waals surface area contributed by atoms with Crippen molar-refractivity contribution in [1.29, 1.82) is 0 Å². The van der Waals surface area contributed by atoms with E-state index in [1.807, 2.05) is 93.2 Å². The van der Waals surface area contributed by atoms with Crippen LogP contribution in [0.1, 0.15) is 39.2 Å². The van der Waals surface area contributed by atoms with Gasteiger partial charge < -0.3 is 20.5 Å². The summed E-state index contributed by atoms with van der Waals surface area (Å²) >= 11 is 3.54. The second-order valence-electron chi connectivity index (χ2n) is 11.4. The van der Waals surface area contributed by atoms with Crippen LogP contribution in [0.5, 0.6) is 0 Å². The number of likely N-dealkylation sites (tertiary alicyclic amines) is 1. The van der Waals surface area contributed by atoms with Crippen molar-refractivity contribution >= 4 is 35.5 Å². The summed E-state index contributed by atoms with van der Waals surface area (Å²) in [6.45, 7) is 7.19. The Bertz CT molecular complexity index is 1070. The summed E-state index contributed by atoms with van der Waals surface area (Å²) in [6.07, 6.45) is 0.470. The number of nitrogens with zero attached hydrogens (tertiary/aromatic N) is 1. The number of benzene rings is 2. The average Bonchev–Trinajstić information content (AvgIpc) is 3.37. The van der Waals surface area contributed by atoms with E-state index < -0.39 is 18.2 Å². The highest BCUT2D eigenvalue weighted by molar-refractivity contribution is 8.00. The van der Waals surface area contributed by atoms with Crippen molar-refractivity contribution in [2.75, 3.05) is 24.6 Å². The number of amides is 2. The minimum Gasteiger partial charge on any atom is -0.445 e. The molecular weight excluding hydrogens is 530 g/mol. The second kappa shape index (κ2) is 13.9. The smallest absolute Gasteiger partial charge is 0.407 e. The number of fused-ring (bicyclic) bond motifs is 1. The van der Waals surface area contributed by atoms with Gasteiger partial charge in [-0.1, -0.05) is 48.5 Å². The van der Waals surface area contributed by atoms with E-state index in [4.69, 9.17) is 4.74 Å². The first-order chi connectivity index (χ1) is 18.7. The van der Waals surface area contributed by atoms with Gasteiger partial charge in [-0.25, -0.2) is 4.79 Å². The SMILES string of the molecule is CC(C)(C)NC(=O)C1C[C@@H]2SCC[C@@H]2CN1CC(O)C(CSc1ccccc1)NC(=O)OCc1ccccc1. The molecular formula is C30H41N3O4S2. The first-order valence-corrected chi connectivity index (χ1v) is 15.7. The molecule has 2 saturated heterocycles. The van der Waals surface area contributed by atoms with Crippen LogP contribution in [0, 0.1) is 5.92 Å². The van der Waals surface area contributed by atoms with Crippen molar-refractivity contribution in [3.05, 3.63) is 66.2 Å². The molecule has 9 heteroatoms. The number of nitrogens with one attached hydrogen (secondary N) is 2. The van der Waals surface area contributed by atoms with Gasteiger partial charge in [0.1, 0.15) is 6.61 Å². The second-order valence-corrected chi connectivity index (χ2v) is 13.8. The predicted molar refractivity (Wildman–Crippen MR) is 159 cm³/mol. The lowest BCUT2D eigenvalue weighted by Crippen LogP contribution is -2.60. The summed E-state index contributed by atoms with van der Waals surface area (Å²) < 4.78 is 5.47. The van der Waals surface area contributed by atoms with Crippen LogP contribution in [0.4, 0.5) is 4.79 Å². The first kappa shape index (κ1) is 29.8. The summed E-state index contributed by atoms with van der Waals surface area (Å²) in [4.78, 5) is 29.3. The molecule has 2 aromatic rings. The van der Waals surface area contributed by atoms with Gasteiger partial charge in [-0.3, -0.25) is 9.69 Å². The van der Waals surface area contributed by atoms with Gasteiger partial charge in [0.15, 0.2) is 0 Å². The molecule has 2 amide bonds. The molecule has 2 aliphatic rings. The molecule has 3 unspecified atom stereocenters. The number of alkyl carbamates (subject to hydrolysis) is 1. The van der Waals surface area contributed by atoms with Crippen molar-refractivity contribution in [2.24, 2.45) is 5.92 Å². The monoisotopic (exact) mass is 571 g/mol. The van der Waals surface area contributed by atoms with Gasteiger partial charge in [-0.2, -0.15) is 11.8 Å². The maximum Gasteiger partial charge on any atom is 0.407 e. The van der Waals surface area contributed by atoms with Crippen molar-refractivity contribution < 1.29 is 19.4 Å². The van der Waals surface area contributed by atoms with Gasteiger partial charge in [0.05, 0.1) is 18.2 Å². The molecule has 39 heavy (non-hydrogen) atoms. The fraction of sp³-hybridized carbons (Fsp3) is 0.533. The van der Waals surface area contributed by atoms with Crippen molar-refractivity contribution in [3.8, 4) is 0 Å². The van der Waals surface area contributed by atoms with Gasteiger partial charge in [0, 0.05) is 34.5 Å². The summed E-state index contributed by atoms with van der Waals surface area (Å²) in [5.74, 6) is 2.11. The molecule has 0 aromatic heterocycles. The van der Waals surface area contributed by atoms with Crippen LogP contribution < -0.4 is 10.6 Å². The zero-order valence-electron chi connectivity index (χ0n) is 23.0. The molecule has 2 fully saturated rings. The van der Waals surface area contributed by atoms with Gasteiger partial charge in [0.2, 0.25) is 5.91 Å². The number of ether oxygens (including phenoxy) is 1. The van der Waals surface area contributed by atoms with E-state index in [1.165, 1.54) is 0 Å². The van der Waals surface area contributed by atoms with Gasteiger partial charge in [0.25, 0.3) is 0 Å². The molecule has 2 heterocycles. The molecule has 0 radical (unpaired) electrons. The molecule has 2 aromatic carbocycles. The Kier molecular flexibility index (Phi) is 10.6. The normalized spacial score (nSPS) is 22.9. The molecule has 0 bridgehead atoms. The van der Waals surface area contributed by atoms with E-state index >= 15 is 0 Å². The molecule has 0 spiro atoms. The zero-order valence-corrected chi connectivity index (χ0v) is 24.7. The van der Waals surface area contributed by atoms with Crippen molar-refractivity contribution in [1.82, 2.24) is 15.5 Å². The minimum absolute atomic E-state index is 0.00564. The molecule has 3 N–H and O–H groups in total. The number of aliphatic hydroxyl groups excluding tert-OH is 1. The lowest BCUT2D eigenvalue weighted by Gasteiger charge is -2.43. The minimum atomic E-state index is -0.874. The number of carbonyl (C=O) groups is 2. The van der Waals surface area contributed by atoms with Crippen LogP contribution in [-0.4, -0.2) is 75.6 Å². The Morgan fingerprint density at radius 1 is 1.13 bits per heavy atom. The Morgan fingerprint density at radius 3 is 2.51 bits per heavy atom. The standard InChI is InChI=1S/C30H41N3O4S2/c1-30(2,3)32-28(35)25-16-27-22(14-15-38-27)17-33(25)18-26(34)24(20-39-23-12-8-5-9-13-23)31-29(36)37-19-21-10-6-4-7-11-21/h4-13,22,24-27,34H,14-20H2,1-3H3,(H,31,36)(H,32,35)/t22-,24?,25?,26?,27+/m1/s1. The predicted octanol–water partition coefficient (Wildman–Crippen LogP) is 4.55. The highest BCUT2D eigenvalue weighted by atomic mass is 32.2. The summed E-state index contributed by atoms with van der Waals surface area (Å²) in [7, 11) is 0. The molecule has 4 rings (SSSR count). The van der Waals surface area contributed by atoms with E-state index in [1.54, 1.807) is 11.8 Å². The number of aliphatic hydroxyl groups is 1. The maximum absolute atomic E-state index is 13.3. The van der Waals surface area contributed by atoms with Crippen LogP contribution in [-0.2, 0) is 16.1 Å². The quantitative estimate of drug-likeness (QED) is 0.361. The zero-order chi connectivity index (χ0) is 27.8. The topological polar surface area (TPSA) is 90.9 Å². The average molecular weight is 572 g/mol. The lowest BCUT2D eigenvalue weighted by atomic mass is 9.89. The summed E-state index contributed by atoms with van der Waals surface area (Å²) in [5, 5.41) is 18.0. The molecule has 7 nitrogen and oxygen atoms in total. The molecule has 5 atom stereocenters. The van der Waals surface area contributed by atoms with E-state index in [0.29, 0.717) is 23.5 Å². The third-order valence-corrected chi connectivity index (χ3v) is 9.70. The molecule has 212 valence electrons. The number of β-amino-alcohol motifs (C(OH)–C–C–N with tert-alkyl or cyclic N) is 1.